The highest BCUT2D eigenvalue weighted by Crippen LogP contribution is 2.45. The van der Waals surface area contributed by atoms with Gasteiger partial charge in [-0.3, -0.25) is 4.79 Å². The molecule has 2 aliphatic carbocycles. The van der Waals surface area contributed by atoms with Gasteiger partial charge in [0.2, 0.25) is 0 Å². The molecule has 1 unspecified atom stereocenters. The molecule has 2 aromatic rings. The van der Waals surface area contributed by atoms with E-state index in [4.69, 9.17) is 0 Å². The molecular formula is C20H24N2O2. The summed E-state index contributed by atoms with van der Waals surface area (Å²) in [6.07, 6.45) is 6.93. The lowest BCUT2D eigenvalue weighted by molar-refractivity contribution is -0.144. The van der Waals surface area contributed by atoms with Crippen molar-refractivity contribution in [1.82, 2.24) is 9.47 Å². The van der Waals surface area contributed by atoms with Crippen molar-refractivity contribution in [2.24, 2.45) is 11.8 Å². The highest BCUT2D eigenvalue weighted by molar-refractivity contribution is 5.89. The summed E-state index contributed by atoms with van der Waals surface area (Å²) in [5, 5.41) is 10.9. The maximum absolute atomic E-state index is 11.6. The van der Waals surface area contributed by atoms with Gasteiger partial charge >= 0.3 is 5.97 Å². The van der Waals surface area contributed by atoms with Crippen LogP contribution in [0.15, 0.2) is 24.4 Å². The SMILES string of the molecule is CN1C[C@H](C(=O)O)CC2c3cccc4c3c(cn4CC3CC3)C[C@H]21. The lowest BCUT2D eigenvalue weighted by Gasteiger charge is -2.44. The number of hydrogen-bond donors (Lipinski definition) is 1. The molecule has 1 aliphatic heterocycles. The summed E-state index contributed by atoms with van der Waals surface area (Å²) in [5.41, 5.74) is 4.20. The molecule has 1 saturated heterocycles. The van der Waals surface area contributed by atoms with E-state index in [0.717, 1.165) is 25.3 Å². The predicted molar refractivity (Wildman–Crippen MR) is 93.3 cm³/mol. The van der Waals surface area contributed by atoms with E-state index < -0.39 is 5.97 Å². The van der Waals surface area contributed by atoms with Crippen LogP contribution >= 0.6 is 0 Å². The molecule has 3 atom stereocenters. The van der Waals surface area contributed by atoms with Crippen molar-refractivity contribution in [3.05, 3.63) is 35.5 Å². The van der Waals surface area contributed by atoms with Crippen LogP contribution in [0, 0.1) is 11.8 Å². The van der Waals surface area contributed by atoms with Gasteiger partial charge in [0.25, 0.3) is 0 Å². The molecule has 0 amide bonds. The quantitative estimate of drug-likeness (QED) is 0.943. The topological polar surface area (TPSA) is 45.5 Å². The van der Waals surface area contributed by atoms with Gasteiger partial charge in [-0.2, -0.15) is 0 Å². The minimum atomic E-state index is -0.649. The van der Waals surface area contributed by atoms with Crippen LogP contribution in [0.5, 0.6) is 0 Å². The monoisotopic (exact) mass is 324 g/mol. The van der Waals surface area contributed by atoms with Gasteiger partial charge in [-0.15, -0.1) is 0 Å². The lowest BCUT2D eigenvalue weighted by Crippen LogP contribution is -2.49. The smallest absolute Gasteiger partial charge is 0.307 e. The largest absolute Gasteiger partial charge is 0.481 e. The van der Waals surface area contributed by atoms with E-state index in [1.165, 1.54) is 34.9 Å². The van der Waals surface area contributed by atoms with Crippen molar-refractivity contribution in [3.63, 3.8) is 0 Å². The number of hydrogen-bond acceptors (Lipinski definition) is 2. The Kier molecular flexibility index (Phi) is 3.08. The standard InChI is InChI=1S/C20H24N2O2/c1-21-10-14(20(23)24)7-16-15-3-2-4-17-19(15)13(8-18(16)21)11-22(17)9-12-5-6-12/h2-4,11-12,14,16,18H,5-10H2,1H3,(H,23,24)/t14-,16?,18-/m1/s1. The summed E-state index contributed by atoms with van der Waals surface area (Å²) in [6.45, 7) is 1.81. The second kappa shape index (κ2) is 5.09. The van der Waals surface area contributed by atoms with Gasteiger partial charge in [0, 0.05) is 42.1 Å². The van der Waals surface area contributed by atoms with Crippen LogP contribution < -0.4 is 0 Å². The lowest BCUT2D eigenvalue weighted by atomic mass is 9.72. The van der Waals surface area contributed by atoms with E-state index >= 15 is 0 Å². The number of likely N-dealkylation sites (N-methyl/N-ethyl adjacent to an activating group) is 1. The average molecular weight is 324 g/mol. The molecule has 24 heavy (non-hydrogen) atoms. The summed E-state index contributed by atoms with van der Waals surface area (Å²) in [5.74, 6) is 0.309. The van der Waals surface area contributed by atoms with E-state index in [1.54, 1.807) is 0 Å². The summed E-state index contributed by atoms with van der Waals surface area (Å²) in [6, 6.07) is 7.09. The first-order valence-corrected chi connectivity index (χ1v) is 9.15. The van der Waals surface area contributed by atoms with Crippen LogP contribution in [0.2, 0.25) is 0 Å². The van der Waals surface area contributed by atoms with E-state index in [9.17, 15) is 9.90 Å². The number of carboxylic acid groups (broad SMARTS) is 1. The molecule has 4 heteroatoms. The van der Waals surface area contributed by atoms with Gasteiger partial charge in [-0.05, 0) is 55.8 Å². The second-order valence-corrected chi connectivity index (χ2v) is 8.08. The Hall–Kier alpha value is -1.81. The second-order valence-electron chi connectivity index (χ2n) is 8.08. The third-order valence-electron chi connectivity index (χ3n) is 6.42. The molecule has 1 aromatic carbocycles. The molecule has 2 fully saturated rings. The van der Waals surface area contributed by atoms with Crippen LogP contribution in [0.1, 0.15) is 36.3 Å². The van der Waals surface area contributed by atoms with Gasteiger partial charge in [0.05, 0.1) is 5.92 Å². The fourth-order valence-corrected chi connectivity index (χ4v) is 5.03. The van der Waals surface area contributed by atoms with Crippen LogP contribution in [0.25, 0.3) is 10.9 Å². The zero-order valence-electron chi connectivity index (χ0n) is 14.1. The minimum absolute atomic E-state index is 0.249. The van der Waals surface area contributed by atoms with Crippen molar-refractivity contribution in [2.75, 3.05) is 13.6 Å². The number of carboxylic acids is 1. The molecule has 3 aliphatic rings. The normalized spacial score (nSPS) is 29.6. The van der Waals surface area contributed by atoms with Crippen LogP contribution in [-0.2, 0) is 17.8 Å². The molecule has 1 aromatic heterocycles. The Balaban J connectivity index is 1.61. The van der Waals surface area contributed by atoms with Crippen LogP contribution in [0.4, 0.5) is 0 Å². The summed E-state index contributed by atoms with van der Waals surface area (Å²) in [7, 11) is 2.10. The maximum Gasteiger partial charge on any atom is 0.307 e. The van der Waals surface area contributed by atoms with Gasteiger partial charge in [0.15, 0.2) is 0 Å². The molecule has 0 radical (unpaired) electrons. The molecule has 2 heterocycles. The van der Waals surface area contributed by atoms with Gasteiger partial charge in [-0.25, -0.2) is 0 Å². The fraction of sp³-hybridized carbons (Fsp3) is 0.550. The average Bonchev–Trinajstić information content (AvgIpc) is 3.31. The molecule has 4 nitrogen and oxygen atoms in total. The molecular weight excluding hydrogens is 300 g/mol. The number of rotatable bonds is 3. The molecule has 126 valence electrons. The maximum atomic E-state index is 11.6. The first-order chi connectivity index (χ1) is 11.6. The molecule has 0 bridgehead atoms. The molecule has 1 N–H and O–H groups in total. The Morgan fingerprint density at radius 2 is 2.17 bits per heavy atom. The predicted octanol–water partition coefficient (Wildman–Crippen LogP) is 3.10. The minimum Gasteiger partial charge on any atom is -0.481 e. The molecule has 5 rings (SSSR count). The van der Waals surface area contributed by atoms with Crippen molar-refractivity contribution in [3.8, 4) is 0 Å². The van der Waals surface area contributed by atoms with Gasteiger partial charge in [0.1, 0.15) is 0 Å². The Morgan fingerprint density at radius 1 is 1.33 bits per heavy atom. The number of nitrogens with zero attached hydrogens (tertiary/aromatic N) is 2. The highest BCUT2D eigenvalue weighted by atomic mass is 16.4. The van der Waals surface area contributed by atoms with E-state index in [2.05, 4.69) is 40.9 Å². The number of aliphatic carboxylic acids is 1. The third-order valence-corrected chi connectivity index (χ3v) is 6.42. The summed E-state index contributed by atoms with van der Waals surface area (Å²) in [4.78, 5) is 13.8. The Labute approximate surface area is 142 Å². The Bertz CT molecular complexity index is 820. The van der Waals surface area contributed by atoms with E-state index in [-0.39, 0.29) is 5.92 Å². The van der Waals surface area contributed by atoms with Gasteiger partial charge < -0.3 is 14.6 Å². The molecule has 0 spiro atoms. The first-order valence-electron chi connectivity index (χ1n) is 9.15. The highest BCUT2D eigenvalue weighted by Gasteiger charge is 2.41. The Morgan fingerprint density at radius 3 is 2.92 bits per heavy atom. The van der Waals surface area contributed by atoms with Crippen molar-refractivity contribution < 1.29 is 9.90 Å². The van der Waals surface area contributed by atoms with Crippen LogP contribution in [0.3, 0.4) is 0 Å². The zero-order chi connectivity index (χ0) is 16.4. The first kappa shape index (κ1) is 14.5. The van der Waals surface area contributed by atoms with E-state index in [0.29, 0.717) is 18.5 Å². The van der Waals surface area contributed by atoms with Gasteiger partial charge in [-0.1, -0.05) is 12.1 Å². The number of carbonyl (C=O) groups is 1. The number of piperidine rings is 1. The third kappa shape index (κ3) is 2.12. The number of aromatic nitrogens is 1. The van der Waals surface area contributed by atoms with Crippen molar-refractivity contribution >= 4 is 16.9 Å². The molecule has 1 saturated carbocycles. The fourth-order valence-electron chi connectivity index (χ4n) is 5.03. The number of fused-ring (bicyclic) bond motifs is 2. The summed E-state index contributed by atoms with van der Waals surface area (Å²) < 4.78 is 2.46. The van der Waals surface area contributed by atoms with Crippen molar-refractivity contribution in [1.29, 1.82) is 0 Å². The number of likely N-dealkylation sites (tertiary alicyclic amines) is 1. The number of benzene rings is 1. The van der Waals surface area contributed by atoms with Crippen molar-refractivity contribution in [2.45, 2.75) is 44.2 Å². The summed E-state index contributed by atoms with van der Waals surface area (Å²) >= 11 is 0. The van der Waals surface area contributed by atoms with Crippen LogP contribution in [-0.4, -0.2) is 40.2 Å². The zero-order valence-corrected chi connectivity index (χ0v) is 14.1. The van der Waals surface area contributed by atoms with E-state index in [1.807, 2.05) is 0 Å².